The zero-order chi connectivity index (χ0) is 22.4. The molecule has 32 heavy (non-hydrogen) atoms. The fourth-order valence-electron chi connectivity index (χ4n) is 3.27. The first kappa shape index (κ1) is 25.7. The summed E-state index contributed by atoms with van der Waals surface area (Å²) in [6.07, 6.45) is 5.09. The minimum atomic E-state index is -3.03. The summed E-state index contributed by atoms with van der Waals surface area (Å²) >= 11 is 0. The summed E-state index contributed by atoms with van der Waals surface area (Å²) in [4.78, 5) is 24.9. The van der Waals surface area contributed by atoms with Crippen LogP contribution in [-0.4, -0.2) is 57.0 Å². The van der Waals surface area contributed by atoms with Gasteiger partial charge in [0, 0.05) is 17.3 Å². The average molecular weight is 469 g/mol. The number of esters is 1. The summed E-state index contributed by atoms with van der Waals surface area (Å²) in [6, 6.07) is 9.50. The number of methoxy groups -OCH3 is 1. The van der Waals surface area contributed by atoms with Crippen LogP contribution in [-0.2, 0) is 15.7 Å². The molecule has 0 atom stereocenters. The molecule has 1 aliphatic rings. The zero-order valence-electron chi connectivity index (χ0n) is 16.8. The summed E-state index contributed by atoms with van der Waals surface area (Å²) in [5.41, 5.74) is 6.60. The van der Waals surface area contributed by atoms with E-state index in [1.54, 1.807) is 24.3 Å². The molecule has 0 heterocycles. The Morgan fingerprint density at radius 2 is 1.91 bits per heavy atom. The van der Waals surface area contributed by atoms with Crippen LogP contribution in [0.15, 0.2) is 48.0 Å². The van der Waals surface area contributed by atoms with E-state index in [2.05, 4.69) is 10.0 Å². The van der Waals surface area contributed by atoms with E-state index in [1.165, 1.54) is 19.2 Å². The molecule has 3 rings (SSSR count). The van der Waals surface area contributed by atoms with Crippen molar-refractivity contribution in [1.82, 2.24) is 0 Å². The van der Waals surface area contributed by atoms with Gasteiger partial charge in [0.2, 0.25) is 10.9 Å². The van der Waals surface area contributed by atoms with E-state index < -0.39 is 22.8 Å². The van der Waals surface area contributed by atoms with E-state index in [9.17, 15) is 18.0 Å². The molecule has 4 N–H and O–H groups in total. The average Bonchev–Trinajstić information content (AvgIpc) is 2.75. The molecule has 1 amide bonds. The van der Waals surface area contributed by atoms with Crippen LogP contribution >= 0.6 is 0 Å². The van der Waals surface area contributed by atoms with E-state index in [4.69, 9.17) is 15.2 Å². The molecule has 11 heteroatoms. The molecule has 0 bridgehead atoms. The first-order chi connectivity index (χ1) is 14.9. The van der Waals surface area contributed by atoms with Gasteiger partial charge < -0.3 is 20.5 Å². The Morgan fingerprint density at radius 3 is 2.53 bits per heavy atom. The number of nitrogens with one attached hydrogen (secondary N) is 2. The molecular formula is C21H24N3NaO6S. The number of benzene rings is 2. The number of ether oxygens (including phenoxy) is 2. The van der Waals surface area contributed by atoms with Gasteiger partial charge in [0.05, 0.1) is 18.5 Å². The zero-order valence-corrected chi connectivity index (χ0v) is 17.7. The summed E-state index contributed by atoms with van der Waals surface area (Å²) in [5.74, 6) is -0.983. The summed E-state index contributed by atoms with van der Waals surface area (Å²) < 4.78 is 35.5. The monoisotopic (exact) mass is 469 g/mol. The number of hydrogen-bond acceptors (Lipinski definition) is 7. The van der Waals surface area contributed by atoms with Gasteiger partial charge in [-0.05, 0) is 49.9 Å². The third-order valence-corrected chi connectivity index (χ3v) is 5.14. The molecule has 1 aliphatic carbocycles. The molecule has 2 aromatic carbocycles. The molecule has 2 aromatic rings. The minimum absolute atomic E-state index is 0. The molecule has 166 valence electrons. The Hall–Kier alpha value is -2.53. The topological polar surface area (TPSA) is 137 Å². The molecule has 0 spiro atoms. The van der Waals surface area contributed by atoms with Crippen LogP contribution < -0.4 is 25.2 Å². The number of allylic oxidation sites excluding steroid dienone is 1. The van der Waals surface area contributed by atoms with E-state index in [-0.39, 0.29) is 52.2 Å². The molecule has 0 saturated carbocycles. The number of primary amides is 1. The SMILES string of the molecule is COc1cccc(Nc2c(N[SH](=O)=O)ccc(OC(=O)C3=CCCCC3)c2C(N)=O)c1.[NaH]. The summed E-state index contributed by atoms with van der Waals surface area (Å²) in [5, 5.41) is 2.98. The van der Waals surface area contributed by atoms with Crippen LogP contribution in [0.2, 0.25) is 0 Å². The molecule has 0 unspecified atom stereocenters. The molecule has 0 saturated heterocycles. The first-order valence-electron chi connectivity index (χ1n) is 9.59. The van der Waals surface area contributed by atoms with E-state index >= 15 is 0 Å². The second-order valence-corrected chi connectivity index (χ2v) is 7.55. The second-order valence-electron chi connectivity index (χ2n) is 6.82. The normalized spacial score (nSPS) is 12.9. The number of rotatable bonds is 8. The Kier molecular flexibility index (Phi) is 9.58. The number of carbonyl (C=O) groups excluding carboxylic acids is 2. The van der Waals surface area contributed by atoms with Gasteiger partial charge in [0.1, 0.15) is 17.1 Å². The molecular weight excluding hydrogens is 445 g/mol. The van der Waals surface area contributed by atoms with Gasteiger partial charge >= 0.3 is 35.5 Å². The van der Waals surface area contributed by atoms with Gasteiger partial charge in [-0.1, -0.05) is 12.1 Å². The van der Waals surface area contributed by atoms with Gasteiger partial charge in [0.25, 0.3) is 5.91 Å². The fraction of sp³-hybridized carbons (Fsp3) is 0.238. The van der Waals surface area contributed by atoms with Crippen LogP contribution in [0.3, 0.4) is 0 Å². The molecule has 0 fully saturated rings. The number of thiol groups is 1. The predicted octanol–water partition coefficient (Wildman–Crippen LogP) is 2.23. The van der Waals surface area contributed by atoms with Crippen molar-refractivity contribution in [3.8, 4) is 11.5 Å². The van der Waals surface area contributed by atoms with Gasteiger partial charge in [-0.2, -0.15) is 0 Å². The Balaban J connectivity index is 0.00000363. The van der Waals surface area contributed by atoms with Crippen LogP contribution in [0.4, 0.5) is 17.1 Å². The first-order valence-corrected chi connectivity index (χ1v) is 10.8. The number of carbonyl (C=O) groups is 2. The third kappa shape index (κ3) is 6.49. The van der Waals surface area contributed by atoms with Crippen LogP contribution in [0.1, 0.15) is 36.0 Å². The maximum atomic E-state index is 12.6. The van der Waals surface area contributed by atoms with Crippen molar-refractivity contribution in [1.29, 1.82) is 0 Å². The van der Waals surface area contributed by atoms with Crippen LogP contribution in [0, 0.1) is 0 Å². The fourth-order valence-corrected chi connectivity index (χ4v) is 3.65. The summed E-state index contributed by atoms with van der Waals surface area (Å²) in [6.45, 7) is 0. The number of nitrogens with two attached hydrogens (primary N) is 1. The molecule has 0 aliphatic heterocycles. The third-order valence-electron chi connectivity index (χ3n) is 4.72. The Labute approximate surface area is 209 Å². The molecule has 0 aromatic heterocycles. The van der Waals surface area contributed by atoms with E-state index in [0.29, 0.717) is 23.4 Å². The van der Waals surface area contributed by atoms with Crippen molar-refractivity contribution in [3.63, 3.8) is 0 Å². The van der Waals surface area contributed by atoms with Crippen molar-refractivity contribution in [2.24, 2.45) is 5.73 Å². The van der Waals surface area contributed by atoms with Crippen LogP contribution in [0.5, 0.6) is 11.5 Å². The summed E-state index contributed by atoms with van der Waals surface area (Å²) in [7, 11) is -1.53. The second kappa shape index (κ2) is 11.9. The number of hydrogen-bond donors (Lipinski definition) is 4. The standard InChI is InChI=1S/C21H23N3O6S.Na.H/c1-29-15-9-5-8-14(12-15)23-19-16(24-31(27)28)10-11-17(18(19)20(22)25)30-21(26)13-6-3-2-4-7-13;;/h5-6,8-12,23,31H,2-4,7H2,1H3,(H2,22,25)(H,24,27,28);;. The molecule has 0 radical (unpaired) electrons. The van der Waals surface area contributed by atoms with E-state index in [0.717, 1.165) is 19.3 Å². The van der Waals surface area contributed by atoms with Gasteiger partial charge in [-0.3, -0.25) is 9.52 Å². The van der Waals surface area contributed by atoms with Crippen molar-refractivity contribution in [3.05, 3.63) is 53.6 Å². The van der Waals surface area contributed by atoms with Crippen molar-refractivity contribution < 1.29 is 27.5 Å². The predicted molar refractivity (Wildman–Crippen MR) is 125 cm³/mol. The Morgan fingerprint density at radius 1 is 1.12 bits per heavy atom. The van der Waals surface area contributed by atoms with Gasteiger partial charge in [-0.25, -0.2) is 13.2 Å². The van der Waals surface area contributed by atoms with Crippen molar-refractivity contribution in [2.45, 2.75) is 25.7 Å². The van der Waals surface area contributed by atoms with Gasteiger partial charge in [0.15, 0.2) is 0 Å². The van der Waals surface area contributed by atoms with Crippen molar-refractivity contribution in [2.75, 3.05) is 17.1 Å². The molecule has 9 nitrogen and oxygen atoms in total. The maximum absolute atomic E-state index is 12.6. The number of anilines is 3. The quantitative estimate of drug-likeness (QED) is 0.201. The van der Waals surface area contributed by atoms with Crippen LogP contribution in [0.25, 0.3) is 0 Å². The number of amides is 1. The van der Waals surface area contributed by atoms with Gasteiger partial charge in [-0.15, -0.1) is 0 Å². The Bertz CT molecular complexity index is 1110. The van der Waals surface area contributed by atoms with Crippen molar-refractivity contribution >= 4 is 69.4 Å². The van der Waals surface area contributed by atoms with E-state index in [1.807, 2.05) is 6.08 Å².